The zero-order valence-electron chi connectivity index (χ0n) is 21.2. The first-order valence-corrected chi connectivity index (χ1v) is 12.4. The van der Waals surface area contributed by atoms with Crippen LogP contribution in [-0.4, -0.2) is 62.9 Å². The van der Waals surface area contributed by atoms with Crippen molar-refractivity contribution in [2.24, 2.45) is 16.8 Å². The van der Waals surface area contributed by atoms with Gasteiger partial charge in [0.05, 0.1) is 12.8 Å². The number of aromatic nitrogens is 2. The molecule has 0 unspecified atom stereocenters. The Balaban J connectivity index is 1.40. The van der Waals surface area contributed by atoms with Crippen molar-refractivity contribution in [1.29, 1.82) is 0 Å². The molecule has 4 rings (SSSR count). The number of oxime groups is 1. The number of methoxy groups -OCH3 is 1. The Labute approximate surface area is 214 Å². The number of ether oxygens (including phenoxy) is 1. The smallest absolute Gasteiger partial charge is 0.267 e. The number of rotatable bonds is 8. The lowest BCUT2D eigenvalue weighted by atomic mass is 9.80. The lowest BCUT2D eigenvalue weighted by molar-refractivity contribution is -0.143. The van der Waals surface area contributed by atoms with E-state index in [0.29, 0.717) is 23.7 Å². The number of aliphatic hydroxyl groups excluding tert-OH is 1. The van der Waals surface area contributed by atoms with Gasteiger partial charge in [-0.25, -0.2) is 14.4 Å². The highest BCUT2D eigenvalue weighted by molar-refractivity contribution is 6.01. The van der Waals surface area contributed by atoms with E-state index in [4.69, 9.17) is 15.3 Å². The molecule has 10 nitrogen and oxygen atoms in total. The number of benzene rings is 1. The third kappa shape index (κ3) is 6.04. The molecule has 1 saturated carbocycles. The Hall–Kier alpha value is -3.60. The molecule has 37 heavy (non-hydrogen) atoms. The first kappa shape index (κ1) is 26.5. The zero-order valence-corrected chi connectivity index (χ0v) is 21.2. The van der Waals surface area contributed by atoms with Gasteiger partial charge < -0.3 is 25.3 Å². The van der Waals surface area contributed by atoms with Crippen molar-refractivity contribution in [2.75, 3.05) is 7.11 Å². The van der Waals surface area contributed by atoms with Crippen LogP contribution in [-0.2, 0) is 16.2 Å². The Morgan fingerprint density at radius 2 is 1.97 bits per heavy atom. The van der Waals surface area contributed by atoms with E-state index in [9.17, 15) is 19.1 Å². The topological polar surface area (TPSA) is 140 Å². The fraction of sp³-hybridized carbons (Fsp3) is 0.500. The van der Waals surface area contributed by atoms with E-state index in [1.54, 1.807) is 24.0 Å². The molecule has 2 aromatic rings. The van der Waals surface area contributed by atoms with E-state index >= 15 is 0 Å². The quantitative estimate of drug-likeness (QED) is 0.553. The maximum atomic E-state index is 13.9. The van der Waals surface area contributed by atoms with Crippen molar-refractivity contribution in [3.05, 3.63) is 52.9 Å². The average molecular weight is 514 g/mol. The molecule has 0 bridgehead atoms. The third-order valence-corrected chi connectivity index (χ3v) is 7.00. The number of halogens is 1. The minimum absolute atomic E-state index is 0.0705. The summed E-state index contributed by atoms with van der Waals surface area (Å²) in [6.45, 7) is 3.39. The molecule has 1 aromatic carbocycles. The third-order valence-electron chi connectivity index (χ3n) is 7.00. The molecule has 2 amide bonds. The van der Waals surface area contributed by atoms with Crippen LogP contribution in [0.2, 0.25) is 0 Å². The fourth-order valence-electron chi connectivity index (χ4n) is 5.05. The SMILES string of the molecule is COc1cc(CN(C(=O)[C@H](C)O)C2CCC([C@H]3CC(c4cc(C(N)=O)nc(C)n4)=NO3)CC2)ccc1F. The van der Waals surface area contributed by atoms with E-state index in [2.05, 4.69) is 15.1 Å². The second-order valence-corrected chi connectivity index (χ2v) is 9.62. The lowest BCUT2D eigenvalue weighted by Gasteiger charge is -2.38. The van der Waals surface area contributed by atoms with Crippen molar-refractivity contribution < 1.29 is 28.7 Å². The number of amides is 2. The highest BCUT2D eigenvalue weighted by Gasteiger charge is 2.37. The van der Waals surface area contributed by atoms with Crippen LogP contribution in [0.15, 0.2) is 29.4 Å². The molecule has 11 heteroatoms. The molecule has 1 fully saturated rings. The molecule has 2 aliphatic rings. The number of nitrogens with two attached hydrogens (primary N) is 1. The molecular weight excluding hydrogens is 481 g/mol. The Kier molecular flexibility index (Phi) is 8.01. The van der Waals surface area contributed by atoms with Crippen LogP contribution in [0.4, 0.5) is 4.39 Å². The number of hydrogen-bond donors (Lipinski definition) is 2. The average Bonchev–Trinajstić information content (AvgIpc) is 3.38. The normalized spacial score (nSPS) is 22.1. The van der Waals surface area contributed by atoms with Gasteiger partial charge in [0.1, 0.15) is 29.4 Å². The standard InChI is InChI=1S/C26H32FN5O5/c1-14(33)26(35)32(13-16-4-9-19(27)24(10-16)36-3)18-7-5-17(6-8-18)23-12-21(31-37-23)20-11-22(25(28)34)30-15(2)29-20/h4,9-11,14,17-18,23,33H,5-8,12-13H2,1-3H3,(H2,28,34)/t14-,17?,18?,23+/m0/s1. The monoisotopic (exact) mass is 513 g/mol. The summed E-state index contributed by atoms with van der Waals surface area (Å²) in [7, 11) is 1.39. The molecule has 0 spiro atoms. The second kappa shape index (κ2) is 11.2. The van der Waals surface area contributed by atoms with Crippen LogP contribution in [0.1, 0.15) is 66.6 Å². The van der Waals surface area contributed by atoms with Gasteiger partial charge in [-0.3, -0.25) is 9.59 Å². The van der Waals surface area contributed by atoms with Crippen molar-refractivity contribution in [1.82, 2.24) is 14.9 Å². The fourth-order valence-corrected chi connectivity index (χ4v) is 5.05. The summed E-state index contributed by atoms with van der Waals surface area (Å²) in [5.74, 6) is -0.691. The van der Waals surface area contributed by atoms with Crippen molar-refractivity contribution in [3.63, 3.8) is 0 Å². The summed E-state index contributed by atoms with van der Waals surface area (Å²) in [5, 5.41) is 14.3. The first-order valence-electron chi connectivity index (χ1n) is 12.4. The number of aliphatic hydroxyl groups is 1. The summed E-state index contributed by atoms with van der Waals surface area (Å²) in [5.41, 5.74) is 7.41. The molecule has 1 aliphatic heterocycles. The minimum Gasteiger partial charge on any atom is -0.494 e. The number of carbonyl (C=O) groups is 2. The van der Waals surface area contributed by atoms with Crippen molar-refractivity contribution in [2.45, 2.75) is 70.7 Å². The molecular formula is C26H32FN5O5. The zero-order chi connectivity index (χ0) is 26.7. The van der Waals surface area contributed by atoms with Crippen molar-refractivity contribution in [3.8, 4) is 5.75 Å². The molecule has 0 radical (unpaired) electrons. The Morgan fingerprint density at radius 3 is 2.62 bits per heavy atom. The maximum absolute atomic E-state index is 13.9. The summed E-state index contributed by atoms with van der Waals surface area (Å²) >= 11 is 0. The predicted molar refractivity (Wildman–Crippen MR) is 132 cm³/mol. The Morgan fingerprint density at radius 1 is 1.24 bits per heavy atom. The van der Waals surface area contributed by atoms with Gasteiger partial charge in [-0.05, 0) is 69.2 Å². The molecule has 2 atom stereocenters. The minimum atomic E-state index is -1.14. The summed E-state index contributed by atoms with van der Waals surface area (Å²) < 4.78 is 18.9. The van der Waals surface area contributed by atoms with Gasteiger partial charge in [0, 0.05) is 19.0 Å². The highest BCUT2D eigenvalue weighted by atomic mass is 19.1. The first-order chi connectivity index (χ1) is 17.7. The molecule has 1 aliphatic carbocycles. The highest BCUT2D eigenvalue weighted by Crippen LogP contribution is 2.35. The molecule has 198 valence electrons. The number of carbonyl (C=O) groups excluding carboxylic acids is 2. The van der Waals surface area contributed by atoms with Gasteiger partial charge in [0.15, 0.2) is 11.6 Å². The van der Waals surface area contributed by atoms with E-state index in [0.717, 1.165) is 31.2 Å². The molecule has 2 heterocycles. The largest absolute Gasteiger partial charge is 0.494 e. The van der Waals surface area contributed by atoms with Gasteiger partial charge in [-0.1, -0.05) is 11.2 Å². The molecule has 3 N–H and O–H groups in total. The van der Waals surface area contributed by atoms with E-state index in [-0.39, 0.29) is 42.0 Å². The van der Waals surface area contributed by atoms with Crippen LogP contribution in [0.3, 0.4) is 0 Å². The van der Waals surface area contributed by atoms with Gasteiger partial charge in [-0.15, -0.1) is 0 Å². The van der Waals surface area contributed by atoms with Crippen molar-refractivity contribution >= 4 is 17.5 Å². The molecule has 1 aromatic heterocycles. The van der Waals surface area contributed by atoms with Crippen LogP contribution in [0.25, 0.3) is 0 Å². The predicted octanol–water partition coefficient (Wildman–Crippen LogP) is 2.49. The van der Waals surface area contributed by atoms with Gasteiger partial charge in [-0.2, -0.15) is 0 Å². The van der Waals surface area contributed by atoms with Gasteiger partial charge in [0.25, 0.3) is 11.8 Å². The summed E-state index contributed by atoms with van der Waals surface area (Å²) in [6, 6.07) is 5.97. The van der Waals surface area contributed by atoms with Crippen LogP contribution in [0, 0.1) is 18.7 Å². The number of hydrogen-bond acceptors (Lipinski definition) is 8. The van der Waals surface area contributed by atoms with E-state index in [1.165, 1.54) is 26.2 Å². The van der Waals surface area contributed by atoms with E-state index in [1.807, 2.05) is 0 Å². The van der Waals surface area contributed by atoms with Gasteiger partial charge >= 0.3 is 0 Å². The maximum Gasteiger partial charge on any atom is 0.267 e. The summed E-state index contributed by atoms with van der Waals surface area (Å²) in [4.78, 5) is 40.3. The molecule has 0 saturated heterocycles. The van der Waals surface area contributed by atoms with Crippen LogP contribution in [0.5, 0.6) is 5.75 Å². The summed E-state index contributed by atoms with van der Waals surface area (Å²) in [6.07, 6.45) is 2.36. The second-order valence-electron chi connectivity index (χ2n) is 9.62. The Bertz CT molecular complexity index is 1200. The van der Waals surface area contributed by atoms with E-state index < -0.39 is 17.8 Å². The number of aryl methyl sites for hydroxylation is 1. The lowest BCUT2D eigenvalue weighted by Crippen LogP contribution is -2.46. The van der Waals surface area contributed by atoms with Crippen LogP contribution < -0.4 is 10.5 Å². The van der Waals surface area contributed by atoms with Crippen LogP contribution >= 0.6 is 0 Å². The number of primary amides is 1. The number of nitrogens with zero attached hydrogens (tertiary/aromatic N) is 4. The van der Waals surface area contributed by atoms with Gasteiger partial charge in [0.2, 0.25) is 0 Å².